The summed E-state index contributed by atoms with van der Waals surface area (Å²) in [4.78, 5) is 4.64. The summed E-state index contributed by atoms with van der Waals surface area (Å²) >= 11 is 14.4. The second-order valence-corrected chi connectivity index (χ2v) is 7.12. The van der Waals surface area contributed by atoms with E-state index in [9.17, 15) is 0 Å². The zero-order chi connectivity index (χ0) is 14.1. The largest absolute Gasteiger partial charge is 0.324 e. The highest BCUT2D eigenvalue weighted by Crippen LogP contribution is 2.37. The van der Waals surface area contributed by atoms with Gasteiger partial charge in [0.2, 0.25) is 0 Å². The van der Waals surface area contributed by atoms with E-state index in [-0.39, 0.29) is 0 Å². The minimum Gasteiger partial charge on any atom is -0.324 e. The lowest BCUT2D eigenvalue weighted by Gasteiger charge is -2.29. The Morgan fingerprint density at radius 3 is 2.70 bits per heavy atom. The number of para-hydroxylation sites is 1. The van der Waals surface area contributed by atoms with Gasteiger partial charge in [0.05, 0.1) is 16.4 Å². The van der Waals surface area contributed by atoms with E-state index in [1.807, 2.05) is 23.9 Å². The third kappa shape index (κ3) is 2.56. The Labute approximate surface area is 133 Å². The van der Waals surface area contributed by atoms with Gasteiger partial charge < -0.3 is 4.57 Å². The molecule has 0 atom stereocenters. The Morgan fingerprint density at radius 1 is 1.30 bits per heavy atom. The van der Waals surface area contributed by atoms with Crippen molar-refractivity contribution >= 4 is 46.0 Å². The highest BCUT2D eigenvalue weighted by molar-refractivity contribution is 7.99. The number of halogens is 2. The molecule has 0 N–H and O–H groups in total. The van der Waals surface area contributed by atoms with E-state index in [1.165, 1.54) is 25.7 Å². The second kappa shape index (κ2) is 6.17. The number of alkyl halides is 1. The summed E-state index contributed by atoms with van der Waals surface area (Å²) in [5.41, 5.74) is 2.01. The number of hydrogen-bond acceptors (Lipinski definition) is 2. The van der Waals surface area contributed by atoms with E-state index in [2.05, 4.69) is 21.9 Å². The average molecular weight is 329 g/mol. The maximum atomic E-state index is 6.26. The normalized spacial score (nSPS) is 23.4. The first-order valence-electron chi connectivity index (χ1n) is 6.98. The Morgan fingerprint density at radius 2 is 2.05 bits per heavy atom. The number of rotatable bonds is 3. The van der Waals surface area contributed by atoms with Gasteiger partial charge in [-0.2, -0.15) is 11.8 Å². The minimum atomic E-state index is 0.438. The number of nitrogens with zero attached hydrogens (tertiary/aromatic N) is 2. The standard InChI is InChI=1S/C15H18Cl2N2S/c1-20-11-7-5-10(6-8-11)19-13-4-2-3-12(17)15(13)18-14(19)9-16/h2-4,10-11H,5-9H2,1H3. The third-order valence-corrected chi connectivity index (χ3v) is 5.89. The molecule has 1 aromatic heterocycles. The summed E-state index contributed by atoms with van der Waals surface area (Å²) in [6.45, 7) is 0. The Hall–Kier alpha value is -0.380. The molecule has 1 aliphatic rings. The Bertz CT molecular complexity index is 603. The van der Waals surface area contributed by atoms with Crippen LogP contribution in [0.4, 0.5) is 0 Å². The molecule has 1 aliphatic carbocycles. The van der Waals surface area contributed by atoms with Crippen LogP contribution in [-0.2, 0) is 5.88 Å². The second-order valence-electron chi connectivity index (χ2n) is 5.31. The third-order valence-electron chi connectivity index (χ3n) is 4.21. The summed E-state index contributed by atoms with van der Waals surface area (Å²) in [6, 6.07) is 6.50. The molecule has 1 aromatic carbocycles. The van der Waals surface area contributed by atoms with Crippen LogP contribution in [0.5, 0.6) is 0 Å². The van der Waals surface area contributed by atoms with Crippen LogP contribution >= 0.6 is 35.0 Å². The molecule has 108 valence electrons. The fraction of sp³-hybridized carbons (Fsp3) is 0.533. The van der Waals surface area contributed by atoms with Crippen molar-refractivity contribution in [3.63, 3.8) is 0 Å². The maximum absolute atomic E-state index is 6.26. The summed E-state index contributed by atoms with van der Waals surface area (Å²) in [5, 5.41) is 1.52. The molecule has 0 radical (unpaired) electrons. The van der Waals surface area contributed by atoms with Crippen LogP contribution in [0.3, 0.4) is 0 Å². The van der Waals surface area contributed by atoms with Crippen LogP contribution in [0, 0.1) is 0 Å². The minimum absolute atomic E-state index is 0.438. The Kier molecular flexibility index (Phi) is 4.49. The number of thioether (sulfide) groups is 1. The lowest BCUT2D eigenvalue weighted by Crippen LogP contribution is -2.20. The van der Waals surface area contributed by atoms with Gasteiger partial charge in [-0.05, 0) is 44.1 Å². The molecule has 0 bridgehead atoms. The fourth-order valence-corrected chi connectivity index (χ4v) is 4.32. The van der Waals surface area contributed by atoms with Crippen molar-refractivity contribution in [3.05, 3.63) is 29.0 Å². The van der Waals surface area contributed by atoms with Gasteiger partial charge in [0, 0.05) is 11.3 Å². The highest BCUT2D eigenvalue weighted by atomic mass is 35.5. The molecule has 0 aliphatic heterocycles. The van der Waals surface area contributed by atoms with Crippen LogP contribution in [0.25, 0.3) is 11.0 Å². The fourth-order valence-electron chi connectivity index (χ4n) is 3.17. The zero-order valence-corrected chi connectivity index (χ0v) is 13.8. The average Bonchev–Trinajstić information content (AvgIpc) is 2.87. The SMILES string of the molecule is CSC1CCC(n2c(CCl)nc3c(Cl)cccc32)CC1. The molecular formula is C15H18Cl2N2S. The van der Waals surface area contributed by atoms with E-state index in [1.54, 1.807) is 0 Å². The van der Waals surface area contributed by atoms with Gasteiger partial charge in [-0.15, -0.1) is 11.6 Å². The lowest BCUT2D eigenvalue weighted by molar-refractivity contribution is 0.361. The first kappa shape index (κ1) is 14.6. The maximum Gasteiger partial charge on any atom is 0.125 e. The molecule has 2 aromatic rings. The molecule has 0 unspecified atom stereocenters. The first-order valence-corrected chi connectivity index (χ1v) is 9.18. The molecule has 0 amide bonds. The van der Waals surface area contributed by atoms with Gasteiger partial charge in [0.1, 0.15) is 11.3 Å². The van der Waals surface area contributed by atoms with Crippen LogP contribution in [0.1, 0.15) is 37.5 Å². The van der Waals surface area contributed by atoms with Crippen LogP contribution in [-0.4, -0.2) is 21.1 Å². The molecule has 1 heterocycles. The molecule has 0 saturated heterocycles. The smallest absolute Gasteiger partial charge is 0.125 e. The predicted molar refractivity (Wildman–Crippen MR) is 89.1 cm³/mol. The van der Waals surface area contributed by atoms with Crippen molar-refractivity contribution in [1.29, 1.82) is 0 Å². The van der Waals surface area contributed by atoms with Crippen LogP contribution < -0.4 is 0 Å². The molecule has 0 spiro atoms. The van der Waals surface area contributed by atoms with E-state index < -0.39 is 0 Å². The molecule has 20 heavy (non-hydrogen) atoms. The van der Waals surface area contributed by atoms with Crippen LogP contribution in [0.15, 0.2) is 18.2 Å². The van der Waals surface area contributed by atoms with Gasteiger partial charge in [0.15, 0.2) is 0 Å². The number of benzene rings is 1. The summed E-state index contributed by atoms with van der Waals surface area (Å²) in [5.74, 6) is 1.38. The van der Waals surface area contributed by atoms with Gasteiger partial charge in [0.25, 0.3) is 0 Å². The summed E-state index contributed by atoms with van der Waals surface area (Å²) in [7, 11) is 0. The first-order chi connectivity index (χ1) is 9.74. The molecule has 1 saturated carbocycles. The van der Waals surface area contributed by atoms with E-state index in [0.29, 0.717) is 16.9 Å². The zero-order valence-electron chi connectivity index (χ0n) is 11.5. The van der Waals surface area contributed by atoms with Gasteiger partial charge >= 0.3 is 0 Å². The number of aromatic nitrogens is 2. The van der Waals surface area contributed by atoms with Crippen molar-refractivity contribution in [2.75, 3.05) is 6.26 Å². The predicted octanol–water partition coefficient (Wildman–Crippen LogP) is 5.28. The van der Waals surface area contributed by atoms with Crippen molar-refractivity contribution in [1.82, 2.24) is 9.55 Å². The number of hydrogen-bond donors (Lipinski definition) is 0. The summed E-state index contributed by atoms with van der Waals surface area (Å²) < 4.78 is 2.32. The van der Waals surface area contributed by atoms with E-state index in [4.69, 9.17) is 23.2 Å². The Balaban J connectivity index is 2.00. The van der Waals surface area contributed by atoms with Crippen molar-refractivity contribution in [2.45, 2.75) is 42.9 Å². The summed E-state index contributed by atoms with van der Waals surface area (Å²) in [6.07, 6.45) is 7.16. The van der Waals surface area contributed by atoms with Gasteiger partial charge in [-0.25, -0.2) is 4.98 Å². The monoisotopic (exact) mass is 328 g/mol. The van der Waals surface area contributed by atoms with Gasteiger partial charge in [-0.1, -0.05) is 17.7 Å². The molecule has 5 heteroatoms. The van der Waals surface area contributed by atoms with E-state index >= 15 is 0 Å². The molecule has 2 nitrogen and oxygen atoms in total. The number of imidazole rings is 1. The lowest BCUT2D eigenvalue weighted by atomic mass is 9.94. The van der Waals surface area contributed by atoms with Crippen molar-refractivity contribution in [3.8, 4) is 0 Å². The number of fused-ring (bicyclic) bond motifs is 1. The van der Waals surface area contributed by atoms with Crippen LogP contribution in [0.2, 0.25) is 5.02 Å². The highest BCUT2D eigenvalue weighted by Gasteiger charge is 2.25. The topological polar surface area (TPSA) is 17.8 Å². The quantitative estimate of drug-likeness (QED) is 0.714. The molecule has 1 fully saturated rings. The molecule has 3 rings (SSSR count). The van der Waals surface area contributed by atoms with Gasteiger partial charge in [-0.3, -0.25) is 0 Å². The molecular weight excluding hydrogens is 311 g/mol. The van der Waals surface area contributed by atoms with Crippen molar-refractivity contribution in [2.24, 2.45) is 0 Å². The van der Waals surface area contributed by atoms with E-state index in [0.717, 1.165) is 22.1 Å². The van der Waals surface area contributed by atoms with Crippen molar-refractivity contribution < 1.29 is 0 Å².